The number of amides is 2. The Hall–Kier alpha value is -2.70. The van der Waals surface area contributed by atoms with E-state index in [4.69, 9.17) is 5.11 Å². The predicted octanol–water partition coefficient (Wildman–Crippen LogP) is 0.399. The number of carbonyl (C=O) groups excluding carboxylic acids is 2. The molecule has 6 nitrogen and oxygen atoms in total. The van der Waals surface area contributed by atoms with Crippen molar-refractivity contribution < 1.29 is 23.9 Å². The molecule has 20 heavy (non-hydrogen) atoms. The highest BCUT2D eigenvalue weighted by Gasteiger charge is 2.09. The monoisotopic (exact) mass is 280 g/mol. The van der Waals surface area contributed by atoms with Gasteiger partial charge in [-0.1, -0.05) is 6.07 Å². The number of halogens is 1. The van der Waals surface area contributed by atoms with Gasteiger partial charge < -0.3 is 15.7 Å². The second-order valence-electron chi connectivity index (χ2n) is 3.76. The number of carbonyl (C=O) groups is 3. The summed E-state index contributed by atoms with van der Waals surface area (Å²) in [6, 6.07) is 3.59. The topological polar surface area (TPSA) is 95.5 Å². The Balaban J connectivity index is 2.78. The Morgan fingerprint density at radius 3 is 2.60 bits per heavy atom. The third-order valence-electron chi connectivity index (χ3n) is 2.36. The van der Waals surface area contributed by atoms with Crippen molar-refractivity contribution in [1.82, 2.24) is 10.6 Å². The molecule has 0 aliphatic rings. The number of hydrogen-bond acceptors (Lipinski definition) is 3. The van der Waals surface area contributed by atoms with Gasteiger partial charge in [-0.05, 0) is 18.2 Å². The number of likely N-dealkylation sites (N-methyl/N-ethyl adjacent to an activating group) is 1. The third-order valence-corrected chi connectivity index (χ3v) is 2.36. The summed E-state index contributed by atoms with van der Waals surface area (Å²) in [5.74, 6) is -2.90. The van der Waals surface area contributed by atoms with E-state index in [1.165, 1.54) is 19.2 Å². The number of hydrogen-bond donors (Lipinski definition) is 3. The van der Waals surface area contributed by atoms with Crippen LogP contribution in [0.5, 0.6) is 0 Å². The van der Waals surface area contributed by atoms with Crippen LogP contribution in [0.3, 0.4) is 0 Å². The summed E-state index contributed by atoms with van der Waals surface area (Å²) in [6.45, 7) is -0.211. The van der Waals surface area contributed by atoms with Crippen LogP contribution in [-0.2, 0) is 9.59 Å². The van der Waals surface area contributed by atoms with Crippen LogP contribution in [0.4, 0.5) is 4.39 Å². The van der Waals surface area contributed by atoms with E-state index in [2.05, 4.69) is 10.6 Å². The Labute approximate surface area is 114 Å². The first kappa shape index (κ1) is 15.4. The second-order valence-corrected chi connectivity index (χ2v) is 3.76. The number of nitrogens with one attached hydrogen (secondary N) is 2. The molecule has 0 saturated carbocycles. The van der Waals surface area contributed by atoms with Crippen molar-refractivity contribution in [3.63, 3.8) is 0 Å². The van der Waals surface area contributed by atoms with Gasteiger partial charge >= 0.3 is 5.97 Å². The molecule has 0 heterocycles. The van der Waals surface area contributed by atoms with Crippen molar-refractivity contribution in [3.05, 3.63) is 41.2 Å². The van der Waals surface area contributed by atoms with E-state index in [9.17, 15) is 18.8 Å². The van der Waals surface area contributed by atoms with Crippen molar-refractivity contribution in [1.29, 1.82) is 0 Å². The average molecular weight is 280 g/mol. The summed E-state index contributed by atoms with van der Waals surface area (Å²) in [6.07, 6.45) is 1.88. The van der Waals surface area contributed by atoms with Crippen LogP contribution < -0.4 is 10.6 Å². The van der Waals surface area contributed by atoms with E-state index >= 15 is 0 Å². The minimum atomic E-state index is -1.20. The maximum atomic E-state index is 13.6. The number of aliphatic carboxylic acids is 1. The Bertz CT molecular complexity index is 569. The largest absolute Gasteiger partial charge is 0.478 e. The highest BCUT2D eigenvalue weighted by molar-refractivity contribution is 5.96. The fourth-order valence-electron chi connectivity index (χ4n) is 1.32. The van der Waals surface area contributed by atoms with Gasteiger partial charge in [-0.25, -0.2) is 9.18 Å². The van der Waals surface area contributed by atoms with Crippen LogP contribution in [0, 0.1) is 5.82 Å². The van der Waals surface area contributed by atoms with E-state index in [1.807, 2.05) is 0 Å². The summed E-state index contributed by atoms with van der Waals surface area (Å²) in [5.41, 5.74) is 0.0918. The summed E-state index contributed by atoms with van der Waals surface area (Å²) in [7, 11) is 1.43. The van der Waals surface area contributed by atoms with Crippen molar-refractivity contribution in [2.75, 3.05) is 13.6 Å². The predicted molar refractivity (Wildman–Crippen MR) is 69.5 cm³/mol. The van der Waals surface area contributed by atoms with Gasteiger partial charge in [0, 0.05) is 24.3 Å². The molecule has 1 aromatic rings. The summed E-state index contributed by atoms with van der Waals surface area (Å²) < 4.78 is 13.6. The molecule has 0 unspecified atom stereocenters. The highest BCUT2D eigenvalue weighted by atomic mass is 19.1. The minimum Gasteiger partial charge on any atom is -0.478 e. The molecule has 0 spiro atoms. The number of carboxylic acid groups (broad SMARTS) is 1. The SMILES string of the molecule is CNC(=O)CNC(=O)c1ccc(C=CC(=O)O)c(F)c1. The lowest BCUT2D eigenvalue weighted by Crippen LogP contribution is -2.35. The molecule has 0 fully saturated rings. The molecule has 0 saturated heterocycles. The van der Waals surface area contributed by atoms with E-state index in [-0.39, 0.29) is 23.6 Å². The highest BCUT2D eigenvalue weighted by Crippen LogP contribution is 2.12. The first-order valence-corrected chi connectivity index (χ1v) is 5.63. The van der Waals surface area contributed by atoms with Crippen LogP contribution in [0.15, 0.2) is 24.3 Å². The standard InChI is InChI=1S/C13H13FN2O4/c1-15-11(17)7-16-13(20)9-3-2-8(10(14)6-9)4-5-12(18)19/h2-6H,7H2,1H3,(H,15,17)(H,16,20)(H,18,19). The molecular weight excluding hydrogens is 267 g/mol. The van der Waals surface area contributed by atoms with Gasteiger partial charge in [-0.3, -0.25) is 9.59 Å². The van der Waals surface area contributed by atoms with E-state index in [1.54, 1.807) is 0 Å². The number of carboxylic acids is 1. The molecule has 0 atom stereocenters. The molecule has 0 bridgehead atoms. The normalized spacial score (nSPS) is 10.3. The molecule has 2 amide bonds. The summed E-state index contributed by atoms with van der Waals surface area (Å²) in [5, 5.41) is 13.1. The van der Waals surface area contributed by atoms with Gasteiger partial charge in [0.2, 0.25) is 5.91 Å². The fourth-order valence-corrected chi connectivity index (χ4v) is 1.32. The zero-order valence-electron chi connectivity index (χ0n) is 10.6. The Kier molecular flexibility index (Phi) is 5.40. The van der Waals surface area contributed by atoms with Gasteiger partial charge in [0.15, 0.2) is 0 Å². The summed E-state index contributed by atoms with van der Waals surface area (Å²) in [4.78, 5) is 32.9. The molecule has 106 valence electrons. The van der Waals surface area contributed by atoms with Crippen LogP contribution >= 0.6 is 0 Å². The zero-order chi connectivity index (χ0) is 15.1. The lowest BCUT2D eigenvalue weighted by Gasteiger charge is -2.05. The molecule has 7 heteroatoms. The van der Waals surface area contributed by atoms with Gasteiger partial charge in [-0.15, -0.1) is 0 Å². The van der Waals surface area contributed by atoms with Crippen molar-refractivity contribution in [2.24, 2.45) is 0 Å². The molecule has 1 aromatic carbocycles. The quantitative estimate of drug-likeness (QED) is 0.680. The molecule has 1 rings (SSSR count). The summed E-state index contributed by atoms with van der Waals surface area (Å²) >= 11 is 0. The lowest BCUT2D eigenvalue weighted by molar-refractivity contribution is -0.131. The number of rotatable bonds is 5. The van der Waals surface area contributed by atoms with E-state index in [0.717, 1.165) is 18.2 Å². The van der Waals surface area contributed by atoms with Gasteiger partial charge in [-0.2, -0.15) is 0 Å². The smallest absolute Gasteiger partial charge is 0.328 e. The van der Waals surface area contributed by atoms with Gasteiger partial charge in [0.1, 0.15) is 5.82 Å². The molecule has 0 radical (unpaired) electrons. The van der Waals surface area contributed by atoms with E-state index in [0.29, 0.717) is 0 Å². The van der Waals surface area contributed by atoms with Gasteiger partial charge in [0.05, 0.1) is 6.54 Å². The Morgan fingerprint density at radius 1 is 1.35 bits per heavy atom. The van der Waals surface area contributed by atoms with Gasteiger partial charge in [0.25, 0.3) is 5.91 Å². The molecular formula is C13H13FN2O4. The second kappa shape index (κ2) is 7.03. The molecule has 0 aromatic heterocycles. The average Bonchev–Trinajstić information content (AvgIpc) is 2.42. The Morgan fingerprint density at radius 2 is 2.05 bits per heavy atom. The number of benzene rings is 1. The maximum absolute atomic E-state index is 13.6. The van der Waals surface area contributed by atoms with Crippen LogP contribution in [0.2, 0.25) is 0 Å². The fraction of sp³-hybridized carbons (Fsp3) is 0.154. The third kappa shape index (κ3) is 4.52. The van der Waals surface area contributed by atoms with Crippen LogP contribution in [0.25, 0.3) is 6.08 Å². The molecule has 3 N–H and O–H groups in total. The van der Waals surface area contributed by atoms with Crippen molar-refractivity contribution in [2.45, 2.75) is 0 Å². The lowest BCUT2D eigenvalue weighted by atomic mass is 10.1. The zero-order valence-corrected chi connectivity index (χ0v) is 10.6. The molecule has 0 aliphatic carbocycles. The minimum absolute atomic E-state index is 0.0406. The van der Waals surface area contributed by atoms with Crippen LogP contribution in [0.1, 0.15) is 15.9 Å². The van der Waals surface area contributed by atoms with Crippen molar-refractivity contribution in [3.8, 4) is 0 Å². The van der Waals surface area contributed by atoms with Crippen molar-refractivity contribution >= 4 is 23.9 Å². The first-order valence-electron chi connectivity index (χ1n) is 5.63. The van der Waals surface area contributed by atoms with Crippen LogP contribution in [-0.4, -0.2) is 36.5 Å². The maximum Gasteiger partial charge on any atom is 0.328 e. The van der Waals surface area contributed by atoms with E-state index < -0.39 is 17.7 Å². The molecule has 0 aliphatic heterocycles. The first-order chi connectivity index (χ1) is 9.43.